The van der Waals surface area contributed by atoms with Gasteiger partial charge in [0.15, 0.2) is 0 Å². The number of hydrogen-bond donors (Lipinski definition) is 0. The first-order chi connectivity index (χ1) is 11.1. The molecule has 126 valence electrons. The molecule has 0 saturated carbocycles. The molecule has 7 nitrogen and oxygen atoms in total. The van der Waals surface area contributed by atoms with Gasteiger partial charge in [-0.3, -0.25) is 14.5 Å². The summed E-state index contributed by atoms with van der Waals surface area (Å²) in [5.74, 6) is 0.215. The number of rotatable bonds is 3. The second-order valence-electron chi connectivity index (χ2n) is 6.12. The fourth-order valence-electron chi connectivity index (χ4n) is 3.15. The minimum Gasteiger partial charge on any atom is -0.366 e. The third kappa shape index (κ3) is 3.58. The molecular formula is C15H22BrN5O2. The number of carbonyl (C=O) groups is 1. The summed E-state index contributed by atoms with van der Waals surface area (Å²) in [6.07, 6.45) is 4.10. The molecule has 0 radical (unpaired) electrons. The molecule has 0 atom stereocenters. The minimum absolute atomic E-state index is 0.143. The van der Waals surface area contributed by atoms with Gasteiger partial charge in [-0.05, 0) is 41.9 Å². The zero-order valence-electron chi connectivity index (χ0n) is 13.4. The third-order valence-electron chi connectivity index (χ3n) is 4.59. The molecule has 2 aliphatic rings. The van der Waals surface area contributed by atoms with E-state index < -0.39 is 0 Å². The molecule has 2 fully saturated rings. The van der Waals surface area contributed by atoms with Gasteiger partial charge >= 0.3 is 0 Å². The van der Waals surface area contributed by atoms with Crippen LogP contribution < -0.4 is 10.5 Å². The van der Waals surface area contributed by atoms with E-state index in [1.807, 2.05) is 4.90 Å². The van der Waals surface area contributed by atoms with Crippen molar-refractivity contribution in [3.63, 3.8) is 0 Å². The summed E-state index contributed by atoms with van der Waals surface area (Å²) in [5, 5.41) is 4.08. The van der Waals surface area contributed by atoms with Crippen LogP contribution in [0.4, 0.5) is 5.69 Å². The summed E-state index contributed by atoms with van der Waals surface area (Å²) in [4.78, 5) is 30.6. The first kappa shape index (κ1) is 16.4. The SMILES string of the molecule is Cn1ncc(N2CCN(C(=O)CN3CCCC3)CC2)c(Br)c1=O. The molecule has 0 unspecified atom stereocenters. The Labute approximate surface area is 144 Å². The fourth-order valence-corrected chi connectivity index (χ4v) is 3.76. The number of carbonyl (C=O) groups excluding carboxylic acids is 1. The van der Waals surface area contributed by atoms with E-state index in [4.69, 9.17) is 0 Å². The lowest BCUT2D eigenvalue weighted by atomic mass is 10.2. The molecule has 8 heteroatoms. The number of anilines is 1. The van der Waals surface area contributed by atoms with Crippen LogP contribution in [0.1, 0.15) is 12.8 Å². The van der Waals surface area contributed by atoms with Crippen molar-refractivity contribution >= 4 is 27.5 Å². The number of nitrogens with zero attached hydrogens (tertiary/aromatic N) is 5. The number of halogens is 1. The van der Waals surface area contributed by atoms with Crippen LogP contribution in [0.2, 0.25) is 0 Å². The first-order valence-electron chi connectivity index (χ1n) is 8.03. The van der Waals surface area contributed by atoms with Gasteiger partial charge < -0.3 is 9.80 Å². The van der Waals surface area contributed by atoms with Crippen LogP contribution in [0.3, 0.4) is 0 Å². The van der Waals surface area contributed by atoms with Crippen molar-refractivity contribution < 1.29 is 4.79 Å². The lowest BCUT2D eigenvalue weighted by molar-refractivity contribution is -0.132. The monoisotopic (exact) mass is 383 g/mol. The van der Waals surface area contributed by atoms with E-state index >= 15 is 0 Å². The van der Waals surface area contributed by atoms with E-state index in [9.17, 15) is 9.59 Å². The zero-order chi connectivity index (χ0) is 16.4. The largest absolute Gasteiger partial charge is 0.366 e. The van der Waals surface area contributed by atoms with E-state index in [2.05, 4.69) is 30.8 Å². The Balaban J connectivity index is 1.59. The maximum atomic E-state index is 12.4. The van der Waals surface area contributed by atoms with Crippen LogP contribution in [-0.2, 0) is 11.8 Å². The predicted molar refractivity (Wildman–Crippen MR) is 91.6 cm³/mol. The molecular weight excluding hydrogens is 362 g/mol. The minimum atomic E-state index is -0.143. The molecule has 1 aromatic rings. The lowest BCUT2D eigenvalue weighted by Gasteiger charge is -2.36. The molecule has 2 aliphatic heterocycles. The second-order valence-corrected chi connectivity index (χ2v) is 6.92. The van der Waals surface area contributed by atoms with Gasteiger partial charge in [-0.25, -0.2) is 4.68 Å². The maximum Gasteiger partial charge on any atom is 0.282 e. The molecule has 3 heterocycles. The summed E-state index contributed by atoms with van der Waals surface area (Å²) in [7, 11) is 1.63. The van der Waals surface area contributed by atoms with Gasteiger partial charge in [0.1, 0.15) is 4.47 Å². The molecule has 1 amide bonds. The highest BCUT2D eigenvalue weighted by atomic mass is 79.9. The van der Waals surface area contributed by atoms with Crippen molar-refractivity contribution in [1.29, 1.82) is 0 Å². The topological polar surface area (TPSA) is 61.7 Å². The van der Waals surface area contributed by atoms with Gasteiger partial charge in [-0.1, -0.05) is 0 Å². The Hall–Kier alpha value is -1.41. The van der Waals surface area contributed by atoms with Gasteiger partial charge in [-0.2, -0.15) is 5.10 Å². The highest BCUT2D eigenvalue weighted by Crippen LogP contribution is 2.22. The standard InChI is InChI=1S/C15H22BrN5O2/c1-18-15(23)14(16)12(10-17-18)20-6-8-21(9-7-20)13(22)11-19-4-2-3-5-19/h10H,2-9,11H2,1H3. The highest BCUT2D eigenvalue weighted by molar-refractivity contribution is 9.10. The number of likely N-dealkylation sites (tertiary alicyclic amines) is 1. The van der Waals surface area contributed by atoms with Crippen molar-refractivity contribution in [2.24, 2.45) is 7.05 Å². The van der Waals surface area contributed by atoms with Crippen molar-refractivity contribution in [2.45, 2.75) is 12.8 Å². The van der Waals surface area contributed by atoms with Crippen molar-refractivity contribution in [2.75, 3.05) is 50.7 Å². The third-order valence-corrected chi connectivity index (χ3v) is 5.34. The second kappa shape index (κ2) is 7.00. The highest BCUT2D eigenvalue weighted by Gasteiger charge is 2.25. The van der Waals surface area contributed by atoms with Gasteiger partial charge in [0.25, 0.3) is 5.56 Å². The van der Waals surface area contributed by atoms with Crippen LogP contribution in [0, 0.1) is 0 Å². The Morgan fingerprint density at radius 1 is 1.17 bits per heavy atom. The Kier molecular flexibility index (Phi) is 5.01. The summed E-state index contributed by atoms with van der Waals surface area (Å²) < 4.78 is 1.84. The first-order valence-corrected chi connectivity index (χ1v) is 8.82. The van der Waals surface area contributed by atoms with Crippen LogP contribution in [0.5, 0.6) is 0 Å². The Morgan fingerprint density at radius 3 is 2.48 bits per heavy atom. The molecule has 23 heavy (non-hydrogen) atoms. The van der Waals surface area contributed by atoms with E-state index in [0.29, 0.717) is 24.1 Å². The molecule has 0 bridgehead atoms. The summed E-state index contributed by atoms with van der Waals surface area (Å²) in [5.41, 5.74) is 0.662. The van der Waals surface area contributed by atoms with Gasteiger partial charge in [0.2, 0.25) is 5.91 Å². The zero-order valence-corrected chi connectivity index (χ0v) is 15.0. The van der Waals surface area contributed by atoms with Crippen LogP contribution in [0.25, 0.3) is 0 Å². The molecule has 0 N–H and O–H groups in total. The van der Waals surface area contributed by atoms with Gasteiger partial charge in [0.05, 0.1) is 18.4 Å². The predicted octanol–water partition coefficient (Wildman–Crippen LogP) is 0.287. The van der Waals surface area contributed by atoms with Gasteiger partial charge in [-0.15, -0.1) is 0 Å². The van der Waals surface area contributed by atoms with Crippen LogP contribution in [-0.4, -0.2) is 71.3 Å². The van der Waals surface area contributed by atoms with Crippen molar-refractivity contribution in [1.82, 2.24) is 19.6 Å². The van der Waals surface area contributed by atoms with Crippen LogP contribution >= 0.6 is 15.9 Å². The normalized spacial score (nSPS) is 19.4. The molecule has 1 aromatic heterocycles. The van der Waals surface area contributed by atoms with Crippen molar-refractivity contribution in [3.8, 4) is 0 Å². The molecule has 0 spiro atoms. The van der Waals surface area contributed by atoms with E-state index in [-0.39, 0.29) is 11.5 Å². The van der Waals surface area contributed by atoms with E-state index in [0.717, 1.165) is 31.9 Å². The number of aromatic nitrogens is 2. The quantitative estimate of drug-likeness (QED) is 0.750. The number of piperazine rings is 1. The van der Waals surface area contributed by atoms with Crippen molar-refractivity contribution in [3.05, 3.63) is 21.0 Å². The summed E-state index contributed by atoms with van der Waals surface area (Å²) in [6.45, 7) is 5.44. The number of amides is 1. The number of hydrogen-bond acceptors (Lipinski definition) is 5. The van der Waals surface area contributed by atoms with Gasteiger partial charge in [0, 0.05) is 33.2 Å². The fraction of sp³-hybridized carbons (Fsp3) is 0.667. The maximum absolute atomic E-state index is 12.4. The smallest absolute Gasteiger partial charge is 0.282 e. The summed E-state index contributed by atoms with van der Waals surface area (Å²) in [6, 6.07) is 0. The van der Waals surface area contributed by atoms with Crippen LogP contribution in [0.15, 0.2) is 15.5 Å². The average molecular weight is 384 g/mol. The van der Waals surface area contributed by atoms with E-state index in [1.54, 1.807) is 13.2 Å². The lowest BCUT2D eigenvalue weighted by Crippen LogP contribution is -2.51. The Morgan fingerprint density at radius 2 is 1.83 bits per heavy atom. The molecule has 0 aliphatic carbocycles. The summed E-state index contributed by atoms with van der Waals surface area (Å²) >= 11 is 3.37. The molecule has 2 saturated heterocycles. The van der Waals surface area contributed by atoms with E-state index in [1.165, 1.54) is 17.5 Å². The molecule has 3 rings (SSSR count). The Bertz CT molecular complexity index is 633. The average Bonchev–Trinajstić information content (AvgIpc) is 3.06. The number of aryl methyl sites for hydroxylation is 1. The molecule has 0 aromatic carbocycles.